The van der Waals surface area contributed by atoms with Gasteiger partial charge in [0.1, 0.15) is 11.3 Å². The molecule has 0 aliphatic rings. The zero-order valence-electron chi connectivity index (χ0n) is 14.3. The zero-order valence-corrected chi connectivity index (χ0v) is 17.5. The van der Waals surface area contributed by atoms with Crippen LogP contribution in [0.3, 0.4) is 0 Å². The lowest BCUT2D eigenvalue weighted by molar-refractivity contribution is -0.123. The molecule has 0 aliphatic carbocycles. The number of pyridine rings is 1. The Bertz CT molecular complexity index is 1010. The van der Waals surface area contributed by atoms with Gasteiger partial charge in [-0.3, -0.25) is 9.78 Å². The molecule has 0 atom stereocenters. The van der Waals surface area contributed by atoms with E-state index >= 15 is 0 Å². The van der Waals surface area contributed by atoms with Crippen LogP contribution in [0.15, 0.2) is 62.7 Å². The average molecular weight is 493 g/mol. The maximum Gasteiger partial charge on any atom is 0.277 e. The Kier molecular flexibility index (Phi) is 6.41. The molecule has 3 aromatic rings. The molecule has 0 saturated heterocycles. The van der Waals surface area contributed by atoms with E-state index in [0.29, 0.717) is 21.5 Å². The lowest BCUT2D eigenvalue weighted by atomic mass is 10.2. The van der Waals surface area contributed by atoms with Crippen LogP contribution in [0, 0.1) is 0 Å². The first kappa shape index (κ1) is 19.3. The molecule has 1 heterocycles. The topological polar surface area (TPSA) is 72.8 Å². The Labute approximate surface area is 172 Å². The lowest BCUT2D eigenvalue weighted by Crippen LogP contribution is -2.24. The summed E-state index contributed by atoms with van der Waals surface area (Å²) in [5, 5.41) is 4.83. The summed E-state index contributed by atoms with van der Waals surface area (Å²) in [5.74, 6) is 0.835. The van der Waals surface area contributed by atoms with Gasteiger partial charge in [-0.25, -0.2) is 5.43 Å². The van der Waals surface area contributed by atoms with Gasteiger partial charge in [0, 0.05) is 16.1 Å². The van der Waals surface area contributed by atoms with Gasteiger partial charge < -0.3 is 9.47 Å². The van der Waals surface area contributed by atoms with Crippen molar-refractivity contribution in [3.8, 4) is 11.5 Å². The van der Waals surface area contributed by atoms with Crippen molar-refractivity contribution in [2.75, 3.05) is 13.7 Å². The normalized spacial score (nSPS) is 10.9. The number of ether oxygens (including phenoxy) is 2. The largest absolute Gasteiger partial charge is 0.497 e. The number of carbonyl (C=O) groups is 1. The van der Waals surface area contributed by atoms with Gasteiger partial charge in [-0.1, -0.05) is 34.1 Å². The number of nitrogens with one attached hydrogen (secondary N) is 1. The molecule has 0 spiro atoms. The summed E-state index contributed by atoms with van der Waals surface area (Å²) in [5.41, 5.74) is 3.90. The van der Waals surface area contributed by atoms with E-state index in [-0.39, 0.29) is 12.5 Å². The van der Waals surface area contributed by atoms with Crippen LogP contribution >= 0.6 is 31.9 Å². The predicted octanol–water partition coefficient (Wildman–Crippen LogP) is 4.30. The molecule has 0 aliphatic heterocycles. The SMILES string of the molecule is COc1cccc(/C=N/NC(=O)COc2c(Br)cc(Br)c3cccnc23)c1. The second kappa shape index (κ2) is 8.96. The van der Waals surface area contributed by atoms with Gasteiger partial charge in [-0.15, -0.1) is 0 Å². The highest BCUT2D eigenvalue weighted by atomic mass is 79.9. The van der Waals surface area contributed by atoms with E-state index in [1.54, 1.807) is 13.3 Å². The van der Waals surface area contributed by atoms with Crippen molar-refractivity contribution >= 4 is 54.9 Å². The van der Waals surface area contributed by atoms with Crippen LogP contribution in [0.4, 0.5) is 0 Å². The van der Waals surface area contributed by atoms with Crippen molar-refractivity contribution in [3.05, 3.63) is 63.2 Å². The maximum atomic E-state index is 12.0. The number of hydrogen-bond acceptors (Lipinski definition) is 5. The van der Waals surface area contributed by atoms with Crippen LogP contribution in [-0.2, 0) is 4.79 Å². The molecule has 0 bridgehead atoms. The third kappa shape index (κ3) is 4.84. The predicted molar refractivity (Wildman–Crippen MR) is 111 cm³/mol. The van der Waals surface area contributed by atoms with Crippen LogP contribution in [0.5, 0.6) is 11.5 Å². The van der Waals surface area contributed by atoms with E-state index in [9.17, 15) is 4.79 Å². The smallest absolute Gasteiger partial charge is 0.277 e. The fourth-order valence-corrected chi connectivity index (χ4v) is 3.74. The molecular weight excluding hydrogens is 478 g/mol. The number of hydrogen-bond donors (Lipinski definition) is 1. The van der Waals surface area contributed by atoms with E-state index in [1.807, 2.05) is 42.5 Å². The van der Waals surface area contributed by atoms with Crippen LogP contribution in [0.2, 0.25) is 0 Å². The molecule has 6 nitrogen and oxygen atoms in total. The van der Waals surface area contributed by atoms with E-state index in [4.69, 9.17) is 9.47 Å². The summed E-state index contributed by atoms with van der Waals surface area (Å²) in [4.78, 5) is 16.4. The summed E-state index contributed by atoms with van der Waals surface area (Å²) in [6.07, 6.45) is 3.21. The van der Waals surface area contributed by atoms with Crippen molar-refractivity contribution in [1.82, 2.24) is 10.4 Å². The van der Waals surface area contributed by atoms with Gasteiger partial charge in [-0.05, 0) is 45.8 Å². The van der Waals surface area contributed by atoms with Gasteiger partial charge >= 0.3 is 0 Å². The van der Waals surface area contributed by atoms with E-state index in [0.717, 1.165) is 15.4 Å². The minimum Gasteiger partial charge on any atom is -0.497 e. The lowest BCUT2D eigenvalue weighted by Gasteiger charge is -2.11. The molecule has 0 unspecified atom stereocenters. The van der Waals surface area contributed by atoms with Crippen LogP contribution < -0.4 is 14.9 Å². The second-order valence-corrected chi connectivity index (χ2v) is 7.14. The number of halogens is 2. The first-order chi connectivity index (χ1) is 13.1. The van der Waals surface area contributed by atoms with Gasteiger partial charge in [0.15, 0.2) is 12.4 Å². The van der Waals surface area contributed by atoms with Crippen molar-refractivity contribution in [2.45, 2.75) is 0 Å². The van der Waals surface area contributed by atoms with Crippen molar-refractivity contribution in [1.29, 1.82) is 0 Å². The number of methoxy groups -OCH3 is 1. The number of hydrazone groups is 1. The summed E-state index contributed by atoms with van der Waals surface area (Å²) in [6, 6.07) is 13.0. The van der Waals surface area contributed by atoms with Crippen molar-refractivity contribution < 1.29 is 14.3 Å². The standard InChI is InChI=1S/C19H15Br2N3O3/c1-26-13-5-2-4-12(8-13)10-23-24-17(25)11-27-19-16(21)9-15(20)14-6-3-7-22-18(14)19/h2-10H,11H2,1H3,(H,24,25)/b23-10+. The first-order valence-corrected chi connectivity index (χ1v) is 9.48. The second-order valence-electron chi connectivity index (χ2n) is 5.43. The molecule has 1 N–H and O–H groups in total. The minimum atomic E-state index is -0.381. The highest BCUT2D eigenvalue weighted by Crippen LogP contribution is 2.37. The molecular formula is C19H15Br2N3O3. The average Bonchev–Trinajstić information content (AvgIpc) is 2.68. The molecule has 2 aromatic carbocycles. The number of rotatable bonds is 6. The fourth-order valence-electron chi connectivity index (χ4n) is 2.35. The molecule has 0 radical (unpaired) electrons. The quantitative estimate of drug-likeness (QED) is 0.411. The van der Waals surface area contributed by atoms with Gasteiger partial charge in [0.2, 0.25) is 0 Å². The van der Waals surface area contributed by atoms with E-state index < -0.39 is 0 Å². The van der Waals surface area contributed by atoms with E-state index in [1.165, 1.54) is 6.21 Å². The van der Waals surface area contributed by atoms with Crippen LogP contribution in [0.25, 0.3) is 10.9 Å². The number of aromatic nitrogens is 1. The molecule has 1 amide bonds. The van der Waals surface area contributed by atoms with E-state index in [2.05, 4.69) is 47.4 Å². The number of amides is 1. The zero-order chi connectivity index (χ0) is 19.2. The molecule has 138 valence electrons. The highest BCUT2D eigenvalue weighted by Gasteiger charge is 2.13. The third-order valence-corrected chi connectivity index (χ3v) is 4.84. The van der Waals surface area contributed by atoms with Gasteiger partial charge in [0.25, 0.3) is 5.91 Å². The number of carbonyl (C=O) groups excluding carboxylic acids is 1. The molecule has 0 fully saturated rings. The summed E-state index contributed by atoms with van der Waals surface area (Å²) in [7, 11) is 1.59. The Morgan fingerprint density at radius 1 is 1.22 bits per heavy atom. The first-order valence-electron chi connectivity index (χ1n) is 7.90. The van der Waals surface area contributed by atoms with Crippen molar-refractivity contribution in [3.63, 3.8) is 0 Å². The molecule has 0 saturated carbocycles. The highest BCUT2D eigenvalue weighted by molar-refractivity contribution is 9.11. The Balaban J connectivity index is 1.64. The van der Waals surface area contributed by atoms with Gasteiger partial charge in [-0.2, -0.15) is 5.10 Å². The van der Waals surface area contributed by atoms with Crippen molar-refractivity contribution in [2.24, 2.45) is 5.10 Å². The minimum absolute atomic E-state index is 0.193. The number of benzene rings is 2. The molecule has 1 aromatic heterocycles. The van der Waals surface area contributed by atoms with Crippen LogP contribution in [0.1, 0.15) is 5.56 Å². The Morgan fingerprint density at radius 2 is 2.07 bits per heavy atom. The Hall–Kier alpha value is -2.45. The summed E-state index contributed by atoms with van der Waals surface area (Å²) >= 11 is 6.94. The third-order valence-electron chi connectivity index (χ3n) is 3.59. The molecule has 27 heavy (non-hydrogen) atoms. The fraction of sp³-hybridized carbons (Fsp3) is 0.105. The monoisotopic (exact) mass is 491 g/mol. The summed E-state index contributed by atoms with van der Waals surface area (Å²) < 4.78 is 12.4. The molecule has 8 heteroatoms. The number of nitrogens with zero attached hydrogens (tertiary/aromatic N) is 2. The number of fused-ring (bicyclic) bond motifs is 1. The molecule has 3 rings (SSSR count). The van der Waals surface area contributed by atoms with Gasteiger partial charge in [0.05, 0.1) is 17.8 Å². The summed E-state index contributed by atoms with van der Waals surface area (Å²) in [6.45, 7) is -0.193. The van der Waals surface area contributed by atoms with Crippen LogP contribution in [-0.4, -0.2) is 30.8 Å². The Morgan fingerprint density at radius 3 is 2.89 bits per heavy atom. The maximum absolute atomic E-state index is 12.0.